The molecule has 2 aromatic heterocycles. The van der Waals surface area contributed by atoms with Crippen LogP contribution in [0.15, 0.2) is 47.1 Å². The second-order valence-corrected chi connectivity index (χ2v) is 10.3. The smallest absolute Gasteiger partial charge is 0.287 e. The summed E-state index contributed by atoms with van der Waals surface area (Å²) >= 11 is 0. The van der Waals surface area contributed by atoms with Crippen LogP contribution in [0.5, 0.6) is 0 Å². The Balaban J connectivity index is 1.27. The Labute approximate surface area is 212 Å². The maximum absolute atomic E-state index is 13.5. The summed E-state index contributed by atoms with van der Waals surface area (Å²) in [4.78, 5) is 19.9. The topological polar surface area (TPSA) is 63.3 Å². The van der Waals surface area contributed by atoms with Gasteiger partial charge in [-0.25, -0.2) is 9.37 Å². The van der Waals surface area contributed by atoms with Gasteiger partial charge in [-0.1, -0.05) is 32.1 Å². The van der Waals surface area contributed by atoms with Crippen molar-refractivity contribution in [2.75, 3.05) is 20.1 Å². The highest BCUT2D eigenvalue weighted by molar-refractivity contribution is 5.92. The molecule has 1 amide bonds. The van der Waals surface area contributed by atoms with Gasteiger partial charge in [-0.05, 0) is 82.1 Å². The minimum atomic E-state index is -0.280. The first-order chi connectivity index (χ1) is 17.6. The molecule has 5 rings (SSSR count). The summed E-state index contributed by atoms with van der Waals surface area (Å²) in [6, 6.07) is 11.0. The summed E-state index contributed by atoms with van der Waals surface area (Å²) in [6.45, 7) is 1.60. The van der Waals surface area contributed by atoms with Gasteiger partial charge < -0.3 is 19.2 Å². The Hall–Kier alpha value is -2.93. The van der Waals surface area contributed by atoms with Crippen molar-refractivity contribution in [1.82, 2.24) is 19.8 Å². The van der Waals surface area contributed by atoms with E-state index >= 15 is 0 Å². The molecule has 2 heterocycles. The first-order valence-electron chi connectivity index (χ1n) is 13.5. The lowest BCUT2D eigenvalue weighted by molar-refractivity contribution is 0.0923. The second-order valence-electron chi connectivity index (χ2n) is 10.3. The monoisotopic (exact) mass is 492 g/mol. The molecule has 0 spiro atoms. The Morgan fingerprint density at radius 1 is 1.06 bits per heavy atom. The predicted molar refractivity (Wildman–Crippen MR) is 139 cm³/mol. The molecule has 0 aliphatic heterocycles. The Morgan fingerprint density at radius 2 is 1.78 bits per heavy atom. The van der Waals surface area contributed by atoms with Gasteiger partial charge in [0.05, 0.1) is 12.0 Å². The Bertz CT molecular complexity index is 1140. The minimum Gasteiger partial charge on any atom is -0.449 e. The number of imidazole rings is 1. The van der Waals surface area contributed by atoms with Crippen LogP contribution in [0.1, 0.15) is 80.8 Å². The molecule has 2 aliphatic rings. The number of halogens is 1. The van der Waals surface area contributed by atoms with Gasteiger partial charge in [0.2, 0.25) is 0 Å². The third kappa shape index (κ3) is 5.56. The normalized spacial score (nSPS) is 17.2. The molecule has 6 nitrogen and oxygen atoms in total. The van der Waals surface area contributed by atoms with Crippen LogP contribution in [-0.2, 0) is 0 Å². The zero-order valence-electron chi connectivity index (χ0n) is 21.2. The molecule has 0 bridgehead atoms. The molecule has 0 saturated heterocycles. The zero-order chi connectivity index (χ0) is 24.9. The molecule has 36 heavy (non-hydrogen) atoms. The van der Waals surface area contributed by atoms with E-state index in [1.807, 2.05) is 12.4 Å². The molecule has 2 aliphatic carbocycles. The van der Waals surface area contributed by atoms with E-state index < -0.39 is 0 Å². The van der Waals surface area contributed by atoms with Crippen molar-refractivity contribution in [3.8, 4) is 22.7 Å². The summed E-state index contributed by atoms with van der Waals surface area (Å²) in [6.07, 6.45) is 13.9. The van der Waals surface area contributed by atoms with Crippen LogP contribution >= 0.6 is 0 Å². The fraction of sp³-hybridized carbons (Fsp3) is 0.517. The molecule has 2 saturated carbocycles. The molecular weight excluding hydrogens is 455 g/mol. The van der Waals surface area contributed by atoms with E-state index in [9.17, 15) is 9.18 Å². The molecular formula is C29H37FN4O2. The Kier molecular flexibility index (Phi) is 7.85. The average Bonchev–Trinajstić information content (AvgIpc) is 3.67. The van der Waals surface area contributed by atoms with Crippen LogP contribution in [0, 0.1) is 5.82 Å². The third-order valence-electron chi connectivity index (χ3n) is 7.86. The minimum absolute atomic E-state index is 0.197. The van der Waals surface area contributed by atoms with Gasteiger partial charge in [0.1, 0.15) is 11.5 Å². The maximum atomic E-state index is 13.5. The lowest BCUT2D eigenvalue weighted by atomic mass is 9.94. The molecule has 7 heteroatoms. The summed E-state index contributed by atoms with van der Waals surface area (Å²) < 4.78 is 21.8. The fourth-order valence-electron chi connectivity index (χ4n) is 5.79. The molecule has 1 N–H and O–H groups in total. The number of carbonyl (C=O) groups is 1. The van der Waals surface area contributed by atoms with Gasteiger partial charge in [-0.15, -0.1) is 0 Å². The standard InChI is InChI=1S/C29H37FN4O2/c1-33(23-8-3-2-4-9-23)19-7-18-31-29(35)26-17-16-25(36-26)28-27(21-12-14-22(30)15-13-21)32-20-34(28)24-10-5-6-11-24/h12-17,20,23-24H,2-11,18-19H2,1H3,(H,31,35). The largest absolute Gasteiger partial charge is 0.449 e. The van der Waals surface area contributed by atoms with Crippen molar-refractivity contribution in [3.63, 3.8) is 0 Å². The van der Waals surface area contributed by atoms with E-state index in [2.05, 4.69) is 26.8 Å². The van der Waals surface area contributed by atoms with Crippen molar-refractivity contribution in [3.05, 3.63) is 54.3 Å². The van der Waals surface area contributed by atoms with Crippen LogP contribution in [0.3, 0.4) is 0 Å². The molecule has 0 atom stereocenters. The zero-order valence-corrected chi connectivity index (χ0v) is 21.2. The van der Waals surface area contributed by atoms with Gasteiger partial charge in [0.25, 0.3) is 5.91 Å². The summed E-state index contributed by atoms with van der Waals surface area (Å²) in [7, 11) is 2.20. The van der Waals surface area contributed by atoms with Gasteiger partial charge in [0, 0.05) is 24.2 Å². The van der Waals surface area contributed by atoms with E-state index in [1.165, 1.54) is 57.1 Å². The quantitative estimate of drug-likeness (QED) is 0.349. The predicted octanol–water partition coefficient (Wildman–Crippen LogP) is 6.45. The highest BCUT2D eigenvalue weighted by Gasteiger charge is 2.26. The maximum Gasteiger partial charge on any atom is 0.287 e. The van der Waals surface area contributed by atoms with Crippen LogP contribution in [-0.4, -0.2) is 46.5 Å². The van der Waals surface area contributed by atoms with E-state index in [0.717, 1.165) is 42.8 Å². The number of nitrogens with zero attached hydrogens (tertiary/aromatic N) is 3. The first-order valence-corrected chi connectivity index (χ1v) is 13.5. The van der Waals surface area contributed by atoms with Crippen molar-refractivity contribution in [1.29, 1.82) is 0 Å². The third-order valence-corrected chi connectivity index (χ3v) is 7.86. The molecule has 3 aromatic rings. The molecule has 0 radical (unpaired) electrons. The summed E-state index contributed by atoms with van der Waals surface area (Å²) in [5.74, 6) is 0.435. The van der Waals surface area contributed by atoms with E-state index in [1.54, 1.807) is 18.2 Å². The number of rotatable bonds is 9. The highest BCUT2D eigenvalue weighted by Crippen LogP contribution is 2.39. The number of furan rings is 1. The SMILES string of the molecule is CN(CCCNC(=O)c1ccc(-c2c(-c3ccc(F)cc3)ncn2C2CCCC2)o1)C1CCCCC1. The summed E-state index contributed by atoms with van der Waals surface area (Å²) in [5, 5.41) is 3.01. The van der Waals surface area contributed by atoms with Crippen molar-refractivity contribution in [2.45, 2.75) is 76.3 Å². The number of hydrogen-bond donors (Lipinski definition) is 1. The summed E-state index contributed by atoms with van der Waals surface area (Å²) in [5.41, 5.74) is 2.42. The van der Waals surface area contributed by atoms with Gasteiger partial charge in [-0.2, -0.15) is 0 Å². The lowest BCUT2D eigenvalue weighted by Gasteiger charge is -2.31. The number of aromatic nitrogens is 2. The molecule has 1 aromatic carbocycles. The first kappa shape index (κ1) is 24.8. The highest BCUT2D eigenvalue weighted by atomic mass is 19.1. The van der Waals surface area contributed by atoms with Crippen molar-refractivity contribution in [2.24, 2.45) is 0 Å². The van der Waals surface area contributed by atoms with Crippen LogP contribution in [0.2, 0.25) is 0 Å². The number of nitrogens with one attached hydrogen (secondary N) is 1. The number of benzene rings is 1. The van der Waals surface area contributed by atoms with Gasteiger partial charge >= 0.3 is 0 Å². The van der Waals surface area contributed by atoms with Gasteiger partial charge in [-0.3, -0.25) is 4.79 Å². The van der Waals surface area contributed by atoms with Gasteiger partial charge in [0.15, 0.2) is 11.5 Å². The van der Waals surface area contributed by atoms with Crippen LogP contribution < -0.4 is 5.32 Å². The second kappa shape index (κ2) is 11.4. The van der Waals surface area contributed by atoms with E-state index in [0.29, 0.717) is 30.1 Å². The van der Waals surface area contributed by atoms with E-state index in [4.69, 9.17) is 4.42 Å². The molecule has 2 fully saturated rings. The number of carbonyl (C=O) groups excluding carboxylic acids is 1. The van der Waals surface area contributed by atoms with Crippen LogP contribution in [0.4, 0.5) is 4.39 Å². The molecule has 192 valence electrons. The fourth-order valence-corrected chi connectivity index (χ4v) is 5.79. The lowest BCUT2D eigenvalue weighted by Crippen LogP contribution is -2.35. The van der Waals surface area contributed by atoms with Crippen molar-refractivity contribution < 1.29 is 13.6 Å². The molecule has 0 unspecified atom stereocenters. The Morgan fingerprint density at radius 3 is 2.53 bits per heavy atom. The number of amides is 1. The average molecular weight is 493 g/mol. The number of hydrogen-bond acceptors (Lipinski definition) is 4. The van der Waals surface area contributed by atoms with Crippen LogP contribution in [0.25, 0.3) is 22.7 Å². The van der Waals surface area contributed by atoms with E-state index in [-0.39, 0.29) is 11.7 Å². The van der Waals surface area contributed by atoms with Crippen molar-refractivity contribution >= 4 is 5.91 Å².